The molecule has 6 heteroatoms. The largest absolute Gasteiger partial charge is 0.334 e. The van der Waals surface area contributed by atoms with Gasteiger partial charge >= 0.3 is 0 Å². The van der Waals surface area contributed by atoms with E-state index in [0.29, 0.717) is 18.7 Å². The zero-order valence-electron chi connectivity index (χ0n) is 15.4. The molecule has 1 aromatic carbocycles. The summed E-state index contributed by atoms with van der Waals surface area (Å²) >= 11 is 1.59. The lowest BCUT2D eigenvalue weighted by Crippen LogP contribution is -2.40. The van der Waals surface area contributed by atoms with Crippen LogP contribution < -0.4 is 5.32 Å². The highest BCUT2D eigenvalue weighted by molar-refractivity contribution is 7.99. The van der Waals surface area contributed by atoms with E-state index < -0.39 is 0 Å². The van der Waals surface area contributed by atoms with Crippen molar-refractivity contribution in [1.82, 2.24) is 15.2 Å². The third kappa shape index (κ3) is 6.33. The van der Waals surface area contributed by atoms with Crippen LogP contribution in [0.2, 0.25) is 0 Å². The third-order valence-electron chi connectivity index (χ3n) is 4.76. The minimum absolute atomic E-state index is 0.169. The zero-order chi connectivity index (χ0) is 18.9. The molecule has 1 aliphatic heterocycles. The first kappa shape index (κ1) is 19.8. The van der Waals surface area contributed by atoms with Crippen LogP contribution in [0.25, 0.3) is 0 Å². The van der Waals surface area contributed by atoms with Gasteiger partial charge in [0, 0.05) is 29.3 Å². The van der Waals surface area contributed by atoms with E-state index in [-0.39, 0.29) is 17.8 Å². The van der Waals surface area contributed by atoms with E-state index in [0.717, 1.165) is 42.9 Å². The standard InChI is InChI=1S/C21H26FN3OS/c22-17-6-8-20(9-7-17)27-15-11-21(26)25(16-18-4-1-2-13-24-18)19-5-3-12-23-14-10-19/h1-2,4,6-9,13,19,23H,3,5,10-12,14-16H2. The minimum atomic E-state index is -0.237. The molecule has 2 heterocycles. The predicted octanol–water partition coefficient (Wildman–Crippen LogP) is 3.87. The van der Waals surface area contributed by atoms with Crippen molar-refractivity contribution >= 4 is 17.7 Å². The Hall–Kier alpha value is -1.92. The highest BCUT2D eigenvalue weighted by Gasteiger charge is 2.24. The van der Waals surface area contributed by atoms with Crippen LogP contribution in [0.15, 0.2) is 53.6 Å². The van der Waals surface area contributed by atoms with Gasteiger partial charge in [-0.3, -0.25) is 9.78 Å². The Balaban J connectivity index is 1.61. The average molecular weight is 388 g/mol. The van der Waals surface area contributed by atoms with Crippen LogP contribution in [0, 0.1) is 5.82 Å². The molecule has 1 N–H and O–H groups in total. The number of carbonyl (C=O) groups is 1. The number of amides is 1. The van der Waals surface area contributed by atoms with Gasteiger partial charge in [-0.2, -0.15) is 0 Å². The smallest absolute Gasteiger partial charge is 0.224 e. The number of rotatable bonds is 7. The Morgan fingerprint density at radius 3 is 2.81 bits per heavy atom. The van der Waals surface area contributed by atoms with Gasteiger partial charge in [0.15, 0.2) is 0 Å². The second kappa shape index (κ2) is 10.4. The fourth-order valence-corrected chi connectivity index (χ4v) is 4.17. The number of nitrogens with one attached hydrogen (secondary N) is 1. The number of thioether (sulfide) groups is 1. The van der Waals surface area contributed by atoms with Gasteiger partial charge in [-0.1, -0.05) is 6.07 Å². The number of aromatic nitrogens is 1. The van der Waals surface area contributed by atoms with Crippen LogP contribution >= 0.6 is 11.8 Å². The van der Waals surface area contributed by atoms with Crippen molar-refractivity contribution in [1.29, 1.82) is 0 Å². The van der Waals surface area contributed by atoms with Crippen LogP contribution in [-0.4, -0.2) is 40.7 Å². The van der Waals surface area contributed by atoms with Gasteiger partial charge in [-0.25, -0.2) is 4.39 Å². The monoisotopic (exact) mass is 387 g/mol. The number of hydrogen-bond acceptors (Lipinski definition) is 4. The third-order valence-corrected chi connectivity index (χ3v) is 5.78. The van der Waals surface area contributed by atoms with Gasteiger partial charge in [-0.15, -0.1) is 11.8 Å². The second-order valence-electron chi connectivity index (χ2n) is 6.73. The highest BCUT2D eigenvalue weighted by atomic mass is 32.2. The molecule has 1 amide bonds. The van der Waals surface area contributed by atoms with Gasteiger partial charge < -0.3 is 10.2 Å². The highest BCUT2D eigenvalue weighted by Crippen LogP contribution is 2.22. The molecule has 1 atom stereocenters. The fraction of sp³-hybridized carbons (Fsp3) is 0.429. The van der Waals surface area contributed by atoms with Crippen molar-refractivity contribution in [3.8, 4) is 0 Å². The van der Waals surface area contributed by atoms with Crippen LogP contribution in [0.4, 0.5) is 4.39 Å². The second-order valence-corrected chi connectivity index (χ2v) is 7.90. The molecule has 3 rings (SSSR count). The quantitative estimate of drug-likeness (QED) is 0.733. The average Bonchev–Trinajstić information content (AvgIpc) is 2.98. The number of halogens is 1. The first-order valence-electron chi connectivity index (χ1n) is 9.51. The van der Waals surface area contributed by atoms with Crippen molar-refractivity contribution in [2.75, 3.05) is 18.8 Å². The molecule has 0 aliphatic carbocycles. The molecule has 1 saturated heterocycles. The summed E-state index contributed by atoms with van der Waals surface area (Å²) in [5.41, 5.74) is 0.925. The molecule has 1 unspecified atom stereocenters. The summed E-state index contributed by atoms with van der Waals surface area (Å²) in [7, 11) is 0. The lowest BCUT2D eigenvalue weighted by molar-refractivity contribution is -0.134. The van der Waals surface area contributed by atoms with Crippen molar-refractivity contribution < 1.29 is 9.18 Å². The van der Waals surface area contributed by atoms with E-state index in [1.54, 1.807) is 30.1 Å². The first-order valence-corrected chi connectivity index (χ1v) is 10.5. The predicted molar refractivity (Wildman–Crippen MR) is 107 cm³/mol. The Labute approximate surface area is 164 Å². The summed E-state index contributed by atoms with van der Waals surface area (Å²) in [5.74, 6) is 0.620. The van der Waals surface area contributed by atoms with E-state index >= 15 is 0 Å². The molecule has 0 saturated carbocycles. The van der Waals surface area contributed by atoms with Gasteiger partial charge in [-0.05, 0) is 68.8 Å². The Bertz CT molecular complexity index is 703. The molecule has 4 nitrogen and oxygen atoms in total. The molecule has 0 bridgehead atoms. The number of hydrogen-bond donors (Lipinski definition) is 1. The van der Waals surface area contributed by atoms with Gasteiger partial charge in [0.25, 0.3) is 0 Å². The molecular formula is C21H26FN3OS. The Morgan fingerprint density at radius 2 is 2.04 bits per heavy atom. The number of pyridine rings is 1. The summed E-state index contributed by atoms with van der Waals surface area (Å²) < 4.78 is 13.0. The number of benzene rings is 1. The van der Waals surface area contributed by atoms with E-state index in [9.17, 15) is 9.18 Å². The van der Waals surface area contributed by atoms with E-state index in [2.05, 4.69) is 10.3 Å². The molecule has 0 spiro atoms. The molecular weight excluding hydrogens is 361 g/mol. The first-order chi connectivity index (χ1) is 13.2. The zero-order valence-corrected chi connectivity index (χ0v) is 16.3. The van der Waals surface area contributed by atoms with Crippen molar-refractivity contribution in [3.63, 3.8) is 0 Å². The molecule has 1 aliphatic rings. The maximum absolute atomic E-state index is 13.0. The topological polar surface area (TPSA) is 45.2 Å². The van der Waals surface area contributed by atoms with Gasteiger partial charge in [0.2, 0.25) is 5.91 Å². The summed E-state index contributed by atoms with van der Waals surface area (Å²) in [6, 6.07) is 12.5. The molecule has 27 heavy (non-hydrogen) atoms. The van der Waals surface area contributed by atoms with Gasteiger partial charge in [0.05, 0.1) is 12.2 Å². The number of nitrogens with zero attached hydrogens (tertiary/aromatic N) is 2. The molecule has 2 aromatic rings. The lowest BCUT2D eigenvalue weighted by atomic mass is 10.1. The molecule has 0 radical (unpaired) electrons. The molecule has 144 valence electrons. The Morgan fingerprint density at radius 1 is 1.19 bits per heavy atom. The van der Waals surface area contributed by atoms with Gasteiger partial charge in [0.1, 0.15) is 5.82 Å². The van der Waals surface area contributed by atoms with Crippen LogP contribution in [0.5, 0.6) is 0 Å². The molecule has 1 aromatic heterocycles. The van der Waals surface area contributed by atoms with Crippen molar-refractivity contribution in [2.45, 2.75) is 43.2 Å². The summed E-state index contributed by atoms with van der Waals surface area (Å²) in [4.78, 5) is 20.4. The SMILES string of the molecule is O=C(CCSc1ccc(F)cc1)N(Cc1ccccn1)C1CCCNCC1. The summed E-state index contributed by atoms with van der Waals surface area (Å²) in [6.45, 7) is 2.52. The Kier molecular flexibility index (Phi) is 7.66. The van der Waals surface area contributed by atoms with Crippen LogP contribution in [0.1, 0.15) is 31.4 Å². The molecule has 1 fully saturated rings. The lowest BCUT2D eigenvalue weighted by Gasteiger charge is -2.31. The van der Waals surface area contributed by atoms with E-state index in [1.165, 1.54) is 12.1 Å². The van der Waals surface area contributed by atoms with E-state index in [4.69, 9.17) is 0 Å². The number of carbonyl (C=O) groups excluding carboxylic acids is 1. The van der Waals surface area contributed by atoms with Crippen molar-refractivity contribution in [2.24, 2.45) is 0 Å². The summed E-state index contributed by atoms with van der Waals surface area (Å²) in [6.07, 6.45) is 5.33. The van der Waals surface area contributed by atoms with Crippen LogP contribution in [-0.2, 0) is 11.3 Å². The van der Waals surface area contributed by atoms with Crippen molar-refractivity contribution in [3.05, 3.63) is 60.2 Å². The minimum Gasteiger partial charge on any atom is -0.334 e. The normalized spacial score (nSPS) is 17.3. The fourth-order valence-electron chi connectivity index (χ4n) is 3.33. The van der Waals surface area contributed by atoms with Crippen LogP contribution in [0.3, 0.4) is 0 Å². The summed E-state index contributed by atoms with van der Waals surface area (Å²) in [5, 5.41) is 3.42. The van der Waals surface area contributed by atoms with E-state index in [1.807, 2.05) is 23.1 Å². The maximum Gasteiger partial charge on any atom is 0.224 e. The maximum atomic E-state index is 13.0.